The van der Waals surface area contributed by atoms with Gasteiger partial charge in [0.15, 0.2) is 6.61 Å². The largest absolute Gasteiger partial charge is 0.469 e. The lowest BCUT2D eigenvalue weighted by Crippen LogP contribution is -2.23. The lowest BCUT2D eigenvalue weighted by atomic mass is 10.2. The Bertz CT molecular complexity index is 1050. The Balaban J connectivity index is 1.76. The highest BCUT2D eigenvalue weighted by atomic mass is 16.5. The summed E-state index contributed by atoms with van der Waals surface area (Å²) in [6, 6.07) is 7.17. The molecule has 0 aliphatic rings. The Morgan fingerprint density at radius 2 is 2.00 bits per heavy atom. The van der Waals surface area contributed by atoms with Gasteiger partial charge in [0.05, 0.1) is 24.6 Å². The molecule has 3 aromatic heterocycles. The molecule has 0 unspecified atom stereocenters. The Labute approximate surface area is 161 Å². The molecule has 0 aliphatic carbocycles. The minimum absolute atomic E-state index is 0.262. The van der Waals surface area contributed by atoms with Gasteiger partial charge in [-0.25, -0.2) is 4.79 Å². The average Bonchev–Trinajstić information content (AvgIpc) is 3.38. The van der Waals surface area contributed by atoms with E-state index in [4.69, 9.17) is 13.6 Å². The zero-order valence-corrected chi connectivity index (χ0v) is 15.7. The summed E-state index contributed by atoms with van der Waals surface area (Å²) < 4.78 is 17.2. The highest BCUT2D eigenvalue weighted by molar-refractivity contribution is 5.96. The van der Waals surface area contributed by atoms with Crippen LogP contribution in [0.15, 0.2) is 39.6 Å². The summed E-state index contributed by atoms with van der Waals surface area (Å²) in [6.07, 6.45) is 2.93. The molecule has 0 aromatic carbocycles. The predicted molar refractivity (Wildman–Crippen MR) is 98.8 cm³/mol. The molecule has 144 valence electrons. The van der Waals surface area contributed by atoms with Crippen molar-refractivity contribution in [2.45, 2.75) is 27.3 Å². The van der Waals surface area contributed by atoms with E-state index >= 15 is 0 Å². The summed E-state index contributed by atoms with van der Waals surface area (Å²) in [4.78, 5) is 24.4. The van der Waals surface area contributed by atoms with E-state index in [-0.39, 0.29) is 5.56 Å². The monoisotopic (exact) mass is 381 g/mol. The molecule has 0 radical (unpaired) electrons. The fourth-order valence-corrected chi connectivity index (χ4v) is 2.86. The van der Waals surface area contributed by atoms with E-state index in [0.29, 0.717) is 29.4 Å². The van der Waals surface area contributed by atoms with Gasteiger partial charge in [0.1, 0.15) is 29.0 Å². The molecular weight excluding hydrogens is 362 g/mol. The maximum atomic E-state index is 12.4. The number of anilines is 1. The van der Waals surface area contributed by atoms with Crippen molar-refractivity contribution < 1.29 is 23.2 Å². The van der Waals surface area contributed by atoms with Gasteiger partial charge in [0.2, 0.25) is 0 Å². The van der Waals surface area contributed by atoms with Crippen LogP contribution in [0.3, 0.4) is 0 Å². The van der Waals surface area contributed by atoms with Crippen LogP contribution in [0.5, 0.6) is 0 Å². The van der Waals surface area contributed by atoms with E-state index in [0.717, 1.165) is 11.3 Å². The molecule has 1 amide bonds. The van der Waals surface area contributed by atoms with Crippen molar-refractivity contribution in [1.82, 2.24) is 4.57 Å². The van der Waals surface area contributed by atoms with Crippen molar-refractivity contribution in [3.63, 3.8) is 0 Å². The molecular formula is C20H19N3O5. The fraction of sp³-hybridized carbons (Fsp3) is 0.250. The van der Waals surface area contributed by atoms with Gasteiger partial charge < -0.3 is 23.5 Å². The SMILES string of the molecule is Cc1occc1C(=O)OCC(=O)Nc1c(C#N)c(C)c(C)n1Cc1ccco1. The Morgan fingerprint density at radius 1 is 1.21 bits per heavy atom. The molecule has 3 heterocycles. The Morgan fingerprint density at radius 3 is 2.61 bits per heavy atom. The minimum Gasteiger partial charge on any atom is -0.469 e. The lowest BCUT2D eigenvalue weighted by Gasteiger charge is -2.12. The normalized spacial score (nSPS) is 10.5. The maximum absolute atomic E-state index is 12.4. The van der Waals surface area contributed by atoms with Crippen molar-refractivity contribution in [3.8, 4) is 6.07 Å². The fourth-order valence-electron chi connectivity index (χ4n) is 2.86. The van der Waals surface area contributed by atoms with Crippen LogP contribution < -0.4 is 5.32 Å². The highest BCUT2D eigenvalue weighted by Gasteiger charge is 2.21. The molecule has 0 saturated carbocycles. The van der Waals surface area contributed by atoms with Crippen molar-refractivity contribution in [3.05, 3.63) is 64.6 Å². The number of nitrogens with one attached hydrogen (secondary N) is 1. The van der Waals surface area contributed by atoms with Gasteiger partial charge in [-0.1, -0.05) is 0 Å². The number of furan rings is 2. The van der Waals surface area contributed by atoms with E-state index in [2.05, 4.69) is 11.4 Å². The summed E-state index contributed by atoms with van der Waals surface area (Å²) in [5, 5.41) is 12.2. The summed E-state index contributed by atoms with van der Waals surface area (Å²) in [6.45, 7) is 5.16. The molecule has 0 saturated heterocycles. The number of nitrogens with zero attached hydrogens (tertiary/aromatic N) is 2. The predicted octanol–water partition coefficient (Wildman–Crippen LogP) is 3.31. The maximum Gasteiger partial charge on any atom is 0.342 e. The number of aromatic nitrogens is 1. The zero-order valence-electron chi connectivity index (χ0n) is 15.7. The minimum atomic E-state index is -0.653. The van der Waals surface area contributed by atoms with Crippen molar-refractivity contribution in [1.29, 1.82) is 5.26 Å². The third-order valence-electron chi connectivity index (χ3n) is 4.51. The van der Waals surface area contributed by atoms with Crippen LogP contribution >= 0.6 is 0 Å². The number of hydrogen-bond donors (Lipinski definition) is 1. The van der Waals surface area contributed by atoms with Gasteiger partial charge >= 0.3 is 5.97 Å². The van der Waals surface area contributed by atoms with E-state index in [1.165, 1.54) is 12.3 Å². The third-order valence-corrected chi connectivity index (χ3v) is 4.51. The number of aryl methyl sites for hydroxylation is 1. The van der Waals surface area contributed by atoms with E-state index in [9.17, 15) is 14.9 Å². The summed E-state index contributed by atoms with van der Waals surface area (Å²) in [5.74, 6) is 0.231. The molecule has 3 rings (SSSR count). The van der Waals surface area contributed by atoms with Crippen molar-refractivity contribution in [2.24, 2.45) is 0 Å². The van der Waals surface area contributed by atoms with Crippen molar-refractivity contribution >= 4 is 17.7 Å². The first-order valence-corrected chi connectivity index (χ1v) is 8.55. The van der Waals surface area contributed by atoms with Crippen LogP contribution in [0.25, 0.3) is 0 Å². The highest BCUT2D eigenvalue weighted by Crippen LogP contribution is 2.27. The van der Waals surface area contributed by atoms with Crippen LogP contribution in [0.1, 0.15) is 38.7 Å². The summed E-state index contributed by atoms with van der Waals surface area (Å²) in [7, 11) is 0. The Hall–Kier alpha value is -3.73. The van der Waals surface area contributed by atoms with Crippen LogP contribution in [0.2, 0.25) is 0 Å². The summed E-state index contributed by atoms with van der Waals surface area (Å²) in [5.41, 5.74) is 2.21. The number of carbonyl (C=O) groups excluding carboxylic acids is 2. The number of carbonyl (C=O) groups is 2. The third kappa shape index (κ3) is 3.69. The first-order valence-electron chi connectivity index (χ1n) is 8.55. The first kappa shape index (κ1) is 19.0. The molecule has 28 heavy (non-hydrogen) atoms. The van der Waals surface area contributed by atoms with Gasteiger partial charge in [0, 0.05) is 5.69 Å². The molecule has 1 N–H and O–H groups in total. The quantitative estimate of drug-likeness (QED) is 0.656. The van der Waals surface area contributed by atoms with Gasteiger partial charge in [-0.05, 0) is 44.5 Å². The molecule has 8 heteroatoms. The second kappa shape index (κ2) is 7.88. The van der Waals surface area contributed by atoms with E-state index in [1.54, 1.807) is 29.9 Å². The van der Waals surface area contributed by atoms with Gasteiger partial charge in [-0.3, -0.25) is 4.79 Å². The lowest BCUT2D eigenvalue weighted by molar-refractivity contribution is -0.119. The number of hydrogen-bond acceptors (Lipinski definition) is 6. The standard InChI is InChI=1S/C20H19N3O5/c1-12-13(2)23(10-15-5-4-7-27-15)19(17(12)9-21)22-18(24)11-28-20(25)16-6-8-26-14(16)3/h4-8H,10-11H2,1-3H3,(H,22,24). The average molecular weight is 381 g/mol. The smallest absolute Gasteiger partial charge is 0.342 e. The molecule has 3 aromatic rings. The second-order valence-electron chi connectivity index (χ2n) is 6.23. The second-order valence-corrected chi connectivity index (χ2v) is 6.23. The number of ether oxygens (including phenoxy) is 1. The van der Waals surface area contributed by atoms with E-state index < -0.39 is 18.5 Å². The van der Waals surface area contributed by atoms with Gasteiger partial charge in [-0.15, -0.1) is 0 Å². The van der Waals surface area contributed by atoms with E-state index in [1.807, 2.05) is 13.8 Å². The zero-order chi connectivity index (χ0) is 20.3. The van der Waals surface area contributed by atoms with Crippen molar-refractivity contribution in [2.75, 3.05) is 11.9 Å². The molecule has 0 spiro atoms. The topological polar surface area (TPSA) is 110 Å². The molecule has 0 fully saturated rings. The summed E-state index contributed by atoms with van der Waals surface area (Å²) >= 11 is 0. The number of amides is 1. The Kier molecular flexibility index (Phi) is 5.36. The van der Waals surface area contributed by atoms with Crippen LogP contribution in [0, 0.1) is 32.1 Å². The molecule has 0 bridgehead atoms. The van der Waals surface area contributed by atoms with Crippen LogP contribution in [-0.2, 0) is 16.1 Å². The first-order chi connectivity index (χ1) is 13.4. The number of esters is 1. The van der Waals surface area contributed by atoms with Crippen LogP contribution in [0.4, 0.5) is 5.82 Å². The number of nitriles is 1. The number of rotatable bonds is 6. The molecule has 0 atom stereocenters. The molecule has 8 nitrogen and oxygen atoms in total. The van der Waals surface area contributed by atoms with Crippen LogP contribution in [-0.4, -0.2) is 23.1 Å². The van der Waals surface area contributed by atoms with Gasteiger partial charge in [0.25, 0.3) is 5.91 Å². The molecule has 0 aliphatic heterocycles. The van der Waals surface area contributed by atoms with Gasteiger partial charge in [-0.2, -0.15) is 5.26 Å².